The Labute approximate surface area is 157 Å². The van der Waals surface area contributed by atoms with Crippen LogP contribution in [0.2, 0.25) is 0 Å². The number of hydrogen-bond acceptors (Lipinski definition) is 5. The van der Waals surface area contributed by atoms with Crippen molar-refractivity contribution < 1.29 is 18.0 Å². The van der Waals surface area contributed by atoms with Gasteiger partial charge >= 0.3 is 6.18 Å². The molecule has 2 aromatic heterocycles. The second kappa shape index (κ2) is 8.17. The predicted molar refractivity (Wildman–Crippen MR) is 96.1 cm³/mol. The molecule has 0 aliphatic carbocycles. The van der Waals surface area contributed by atoms with Gasteiger partial charge in [-0.15, -0.1) is 0 Å². The molecule has 138 valence electrons. The van der Waals surface area contributed by atoms with Crippen LogP contribution in [0.1, 0.15) is 5.56 Å². The molecule has 0 saturated carbocycles. The second-order valence-corrected chi connectivity index (χ2v) is 6.38. The number of anilines is 1. The number of thioether (sulfide) groups is 1. The van der Waals surface area contributed by atoms with E-state index in [2.05, 4.69) is 20.3 Å². The standard InChI is InChI=1S/C18H13F3N4OS/c19-18(20,21)13-6-7-16(22-8-13)27-11-15(26)25-14-9-23-17(24-10-14)12-4-2-1-3-5-12/h1-10H,11H2,(H,25,26). The van der Waals surface area contributed by atoms with E-state index in [4.69, 9.17) is 0 Å². The molecule has 9 heteroatoms. The highest BCUT2D eigenvalue weighted by Gasteiger charge is 2.30. The van der Waals surface area contributed by atoms with E-state index in [-0.39, 0.29) is 11.7 Å². The van der Waals surface area contributed by atoms with Gasteiger partial charge in [0.2, 0.25) is 5.91 Å². The van der Waals surface area contributed by atoms with Gasteiger partial charge in [0, 0.05) is 11.8 Å². The highest BCUT2D eigenvalue weighted by atomic mass is 32.2. The van der Waals surface area contributed by atoms with Crippen molar-refractivity contribution in [2.45, 2.75) is 11.2 Å². The molecule has 0 saturated heterocycles. The Morgan fingerprint density at radius 3 is 2.26 bits per heavy atom. The van der Waals surface area contributed by atoms with Crippen LogP contribution in [0.15, 0.2) is 66.1 Å². The van der Waals surface area contributed by atoms with Gasteiger partial charge in [0.25, 0.3) is 0 Å². The first-order chi connectivity index (χ1) is 12.9. The minimum absolute atomic E-state index is 0.00119. The number of carbonyl (C=O) groups is 1. The summed E-state index contributed by atoms with van der Waals surface area (Å²) in [5.74, 6) is 0.202. The Morgan fingerprint density at radius 1 is 0.963 bits per heavy atom. The predicted octanol–water partition coefficient (Wildman–Crippen LogP) is 4.29. The van der Waals surface area contributed by atoms with Gasteiger partial charge in [-0.25, -0.2) is 15.0 Å². The second-order valence-electron chi connectivity index (χ2n) is 5.38. The maximum Gasteiger partial charge on any atom is 0.417 e. The Bertz CT molecular complexity index is 901. The van der Waals surface area contributed by atoms with Crippen LogP contribution in [-0.4, -0.2) is 26.6 Å². The number of benzene rings is 1. The highest BCUT2D eigenvalue weighted by molar-refractivity contribution is 7.99. The minimum atomic E-state index is -4.43. The van der Waals surface area contributed by atoms with Crippen LogP contribution in [0.25, 0.3) is 11.4 Å². The molecule has 3 rings (SSSR count). The molecule has 0 atom stereocenters. The lowest BCUT2D eigenvalue weighted by atomic mass is 10.2. The van der Waals surface area contributed by atoms with E-state index < -0.39 is 11.7 Å². The molecule has 0 spiro atoms. The number of pyridine rings is 1. The van der Waals surface area contributed by atoms with Crippen LogP contribution in [0, 0.1) is 0 Å². The number of halogens is 3. The summed E-state index contributed by atoms with van der Waals surface area (Å²) in [4.78, 5) is 24.1. The summed E-state index contributed by atoms with van der Waals surface area (Å²) in [6, 6.07) is 11.6. The number of nitrogens with zero attached hydrogens (tertiary/aromatic N) is 3. The quantitative estimate of drug-likeness (QED) is 0.659. The number of nitrogens with one attached hydrogen (secondary N) is 1. The number of amides is 1. The average Bonchev–Trinajstić information content (AvgIpc) is 2.67. The summed E-state index contributed by atoms with van der Waals surface area (Å²) in [7, 11) is 0. The Hall–Kier alpha value is -2.94. The maximum atomic E-state index is 12.5. The van der Waals surface area contributed by atoms with Crippen molar-refractivity contribution in [1.29, 1.82) is 0 Å². The molecular weight excluding hydrogens is 377 g/mol. The Balaban J connectivity index is 1.53. The molecule has 0 aliphatic heterocycles. The molecule has 5 nitrogen and oxygen atoms in total. The minimum Gasteiger partial charge on any atom is -0.323 e. The van der Waals surface area contributed by atoms with E-state index in [0.717, 1.165) is 29.6 Å². The summed E-state index contributed by atoms with van der Waals surface area (Å²) in [5, 5.41) is 2.96. The van der Waals surface area contributed by atoms with E-state index in [1.54, 1.807) is 0 Å². The Morgan fingerprint density at radius 2 is 1.67 bits per heavy atom. The third kappa shape index (κ3) is 5.27. The lowest BCUT2D eigenvalue weighted by Crippen LogP contribution is -2.14. The number of rotatable bonds is 5. The van der Waals surface area contributed by atoms with E-state index in [0.29, 0.717) is 16.5 Å². The van der Waals surface area contributed by atoms with Gasteiger partial charge in [0.15, 0.2) is 5.82 Å². The van der Waals surface area contributed by atoms with Crippen molar-refractivity contribution in [2.75, 3.05) is 11.1 Å². The van der Waals surface area contributed by atoms with Crippen molar-refractivity contribution in [3.63, 3.8) is 0 Å². The zero-order chi connectivity index (χ0) is 19.3. The van der Waals surface area contributed by atoms with Crippen LogP contribution in [0.5, 0.6) is 0 Å². The lowest BCUT2D eigenvalue weighted by molar-refractivity contribution is -0.137. The molecule has 2 heterocycles. The Kier molecular flexibility index (Phi) is 5.70. The lowest BCUT2D eigenvalue weighted by Gasteiger charge is -2.07. The van der Waals surface area contributed by atoms with Crippen LogP contribution in [0.3, 0.4) is 0 Å². The smallest absolute Gasteiger partial charge is 0.323 e. The summed E-state index contributed by atoms with van der Waals surface area (Å²) in [5.41, 5.74) is 0.465. The molecule has 27 heavy (non-hydrogen) atoms. The maximum absolute atomic E-state index is 12.5. The topological polar surface area (TPSA) is 67.8 Å². The van der Waals surface area contributed by atoms with E-state index in [9.17, 15) is 18.0 Å². The SMILES string of the molecule is O=C(CSc1ccc(C(F)(F)F)cn1)Nc1cnc(-c2ccccc2)nc1. The molecule has 0 bridgehead atoms. The fourth-order valence-corrected chi connectivity index (χ4v) is 2.74. The summed E-state index contributed by atoms with van der Waals surface area (Å²) in [6.07, 6.45) is -0.696. The van der Waals surface area contributed by atoms with E-state index >= 15 is 0 Å². The number of hydrogen-bond donors (Lipinski definition) is 1. The first kappa shape index (κ1) is 18.8. The average molecular weight is 390 g/mol. The number of aromatic nitrogens is 3. The molecule has 0 unspecified atom stereocenters. The van der Waals surface area contributed by atoms with Crippen LogP contribution >= 0.6 is 11.8 Å². The summed E-state index contributed by atoms with van der Waals surface area (Å²) in [6.45, 7) is 0. The van der Waals surface area contributed by atoms with Gasteiger partial charge in [0.05, 0.1) is 34.4 Å². The molecule has 1 amide bonds. The number of alkyl halides is 3. The molecule has 0 fully saturated rings. The molecule has 1 aromatic carbocycles. The zero-order valence-corrected chi connectivity index (χ0v) is 14.6. The highest BCUT2D eigenvalue weighted by Crippen LogP contribution is 2.29. The molecule has 0 aliphatic rings. The largest absolute Gasteiger partial charge is 0.417 e. The summed E-state index contributed by atoms with van der Waals surface area (Å²) < 4.78 is 37.5. The van der Waals surface area contributed by atoms with E-state index in [1.165, 1.54) is 18.5 Å². The van der Waals surface area contributed by atoms with Crippen LogP contribution in [0.4, 0.5) is 18.9 Å². The zero-order valence-electron chi connectivity index (χ0n) is 13.8. The molecule has 3 aromatic rings. The fourth-order valence-electron chi connectivity index (χ4n) is 2.10. The third-order valence-corrected chi connectivity index (χ3v) is 4.33. The molecular formula is C18H13F3N4OS. The van der Waals surface area contributed by atoms with Gasteiger partial charge < -0.3 is 5.32 Å². The number of carbonyl (C=O) groups excluding carboxylic acids is 1. The first-order valence-corrected chi connectivity index (χ1v) is 8.74. The van der Waals surface area contributed by atoms with Gasteiger partial charge in [0.1, 0.15) is 0 Å². The fraction of sp³-hybridized carbons (Fsp3) is 0.111. The van der Waals surface area contributed by atoms with Crippen molar-refractivity contribution in [3.05, 3.63) is 66.6 Å². The van der Waals surface area contributed by atoms with Crippen molar-refractivity contribution >= 4 is 23.4 Å². The van der Waals surface area contributed by atoms with Crippen molar-refractivity contribution in [3.8, 4) is 11.4 Å². The van der Waals surface area contributed by atoms with Gasteiger partial charge in [-0.2, -0.15) is 13.2 Å². The first-order valence-electron chi connectivity index (χ1n) is 7.75. The van der Waals surface area contributed by atoms with Crippen molar-refractivity contribution in [1.82, 2.24) is 15.0 Å². The van der Waals surface area contributed by atoms with Crippen LogP contribution < -0.4 is 5.32 Å². The molecule has 1 N–H and O–H groups in total. The molecule has 0 radical (unpaired) electrons. The third-order valence-electron chi connectivity index (χ3n) is 3.38. The van der Waals surface area contributed by atoms with Crippen LogP contribution in [-0.2, 0) is 11.0 Å². The van der Waals surface area contributed by atoms with Gasteiger partial charge in [-0.3, -0.25) is 4.79 Å². The summed E-state index contributed by atoms with van der Waals surface area (Å²) >= 11 is 1.04. The van der Waals surface area contributed by atoms with E-state index in [1.807, 2.05) is 30.3 Å². The monoisotopic (exact) mass is 390 g/mol. The van der Waals surface area contributed by atoms with Gasteiger partial charge in [-0.05, 0) is 12.1 Å². The normalized spacial score (nSPS) is 11.2. The van der Waals surface area contributed by atoms with Crippen molar-refractivity contribution in [2.24, 2.45) is 0 Å². The van der Waals surface area contributed by atoms with Gasteiger partial charge in [-0.1, -0.05) is 42.1 Å².